The summed E-state index contributed by atoms with van der Waals surface area (Å²) in [6.45, 7) is 8.15. The van der Waals surface area contributed by atoms with Crippen molar-refractivity contribution in [2.45, 2.75) is 34.1 Å². The average Bonchev–Trinajstić information content (AvgIpc) is 2.86. The van der Waals surface area contributed by atoms with Crippen LogP contribution in [0.15, 0.2) is 82.8 Å². The van der Waals surface area contributed by atoms with Crippen molar-refractivity contribution in [1.29, 1.82) is 0 Å². The van der Waals surface area contributed by atoms with E-state index >= 15 is 0 Å². The predicted molar refractivity (Wildman–Crippen MR) is 143 cm³/mol. The summed E-state index contributed by atoms with van der Waals surface area (Å²) < 4.78 is 12.3. The smallest absolute Gasteiger partial charge is 0.240 e. The minimum atomic E-state index is 0.537. The first kappa shape index (κ1) is 25.3. The molecule has 0 aromatic heterocycles. The Morgan fingerprint density at radius 1 is 0.568 bits per heavy atom. The van der Waals surface area contributed by atoms with Crippen LogP contribution in [0.4, 0.5) is 11.4 Å². The maximum Gasteiger partial charge on any atom is 0.240 e. The van der Waals surface area contributed by atoms with Gasteiger partial charge in [0.25, 0.3) is 0 Å². The van der Waals surface area contributed by atoms with Crippen molar-refractivity contribution in [3.05, 3.63) is 106 Å². The maximum absolute atomic E-state index is 10.4. The summed E-state index contributed by atoms with van der Waals surface area (Å²) in [6, 6.07) is 22.6. The van der Waals surface area contributed by atoms with Gasteiger partial charge in [0.2, 0.25) is 12.2 Å². The summed E-state index contributed by atoms with van der Waals surface area (Å²) in [5, 5.41) is 0. The third kappa shape index (κ3) is 6.28. The summed E-state index contributed by atoms with van der Waals surface area (Å²) in [6.07, 6.45) is 3.85. The molecule has 0 saturated carbocycles. The molecule has 4 aromatic carbocycles. The molecule has 4 rings (SSSR count). The molecule has 0 spiro atoms. The highest BCUT2D eigenvalue weighted by Crippen LogP contribution is 2.34. The number of benzene rings is 4. The fourth-order valence-electron chi connectivity index (χ4n) is 4.36. The molecule has 0 radical (unpaired) electrons. The van der Waals surface area contributed by atoms with Crippen LogP contribution >= 0.6 is 0 Å². The third-order valence-electron chi connectivity index (χ3n) is 5.91. The van der Waals surface area contributed by atoms with Crippen LogP contribution in [0.5, 0.6) is 23.0 Å². The zero-order valence-corrected chi connectivity index (χ0v) is 21.2. The zero-order chi connectivity index (χ0) is 26.4. The van der Waals surface area contributed by atoms with E-state index in [4.69, 9.17) is 9.47 Å². The lowest BCUT2D eigenvalue weighted by Gasteiger charge is -2.16. The van der Waals surface area contributed by atoms with Gasteiger partial charge in [-0.3, -0.25) is 0 Å². The van der Waals surface area contributed by atoms with Gasteiger partial charge in [0.05, 0.1) is 11.4 Å². The number of hydrogen-bond acceptors (Lipinski definition) is 6. The first-order valence-corrected chi connectivity index (χ1v) is 11.8. The highest BCUT2D eigenvalue weighted by Gasteiger charge is 2.12. The molecule has 0 atom stereocenters. The van der Waals surface area contributed by atoms with Gasteiger partial charge in [-0.25, -0.2) is 9.59 Å². The van der Waals surface area contributed by atoms with Gasteiger partial charge in [-0.05, 0) is 116 Å². The maximum atomic E-state index is 10.4. The van der Waals surface area contributed by atoms with Gasteiger partial charge in [-0.1, -0.05) is 24.3 Å². The number of ether oxygens (including phenoxy) is 2. The standard InChI is InChI=1S/C31H26N2O4/c1-20-13-24(14-21(2)30(20)36-28-9-5-26(6-10-28)32-18-34)17-25-15-22(3)31(23(4)16-25)37-29-11-7-27(8-12-29)33-19-35/h5-16H,17H2,1-4H3. The summed E-state index contributed by atoms with van der Waals surface area (Å²) in [7, 11) is 0. The normalized spacial score (nSPS) is 10.3. The summed E-state index contributed by atoms with van der Waals surface area (Å²) in [5.41, 5.74) is 7.63. The molecule has 37 heavy (non-hydrogen) atoms. The van der Waals surface area contributed by atoms with Gasteiger partial charge in [0, 0.05) is 0 Å². The SMILES string of the molecule is Cc1cc(Cc2cc(C)c(Oc3ccc(N=C=O)cc3)c(C)c2)cc(C)c1Oc1ccc(N=C=O)cc1. The van der Waals surface area contributed by atoms with Crippen molar-refractivity contribution in [1.82, 2.24) is 0 Å². The van der Waals surface area contributed by atoms with Gasteiger partial charge in [0.15, 0.2) is 0 Å². The molecule has 6 nitrogen and oxygen atoms in total. The van der Waals surface area contributed by atoms with Crippen molar-refractivity contribution in [2.24, 2.45) is 9.98 Å². The summed E-state index contributed by atoms with van der Waals surface area (Å²) >= 11 is 0. The molecule has 184 valence electrons. The minimum absolute atomic E-state index is 0.537. The monoisotopic (exact) mass is 490 g/mol. The van der Waals surface area contributed by atoms with Gasteiger partial charge in [-0.15, -0.1) is 0 Å². The lowest BCUT2D eigenvalue weighted by Crippen LogP contribution is -1.98. The van der Waals surface area contributed by atoms with E-state index in [2.05, 4.69) is 34.3 Å². The molecule has 0 amide bonds. The first-order chi connectivity index (χ1) is 17.9. The molecule has 0 saturated heterocycles. The van der Waals surface area contributed by atoms with Crippen molar-refractivity contribution >= 4 is 23.5 Å². The quantitative estimate of drug-likeness (QED) is 0.185. The van der Waals surface area contributed by atoms with Crippen LogP contribution in [0.3, 0.4) is 0 Å². The molecule has 0 bridgehead atoms. The van der Waals surface area contributed by atoms with Crippen LogP contribution in [0.1, 0.15) is 33.4 Å². The van der Waals surface area contributed by atoms with E-state index in [0.717, 1.165) is 40.2 Å². The largest absolute Gasteiger partial charge is 0.457 e. The zero-order valence-electron chi connectivity index (χ0n) is 21.2. The van der Waals surface area contributed by atoms with Gasteiger partial charge < -0.3 is 9.47 Å². The van der Waals surface area contributed by atoms with E-state index in [-0.39, 0.29) is 0 Å². The van der Waals surface area contributed by atoms with Gasteiger partial charge in [-0.2, -0.15) is 9.98 Å². The lowest BCUT2D eigenvalue weighted by molar-refractivity contribution is 0.474. The van der Waals surface area contributed by atoms with E-state index in [1.165, 1.54) is 23.3 Å². The number of nitrogens with zero attached hydrogens (tertiary/aromatic N) is 2. The Morgan fingerprint density at radius 2 is 0.892 bits per heavy atom. The highest BCUT2D eigenvalue weighted by atomic mass is 16.5. The van der Waals surface area contributed by atoms with Crippen molar-refractivity contribution in [3.63, 3.8) is 0 Å². The van der Waals surface area contributed by atoms with Crippen molar-refractivity contribution in [2.75, 3.05) is 0 Å². The topological polar surface area (TPSA) is 77.3 Å². The first-order valence-electron chi connectivity index (χ1n) is 11.8. The Kier molecular flexibility index (Phi) is 7.75. The van der Waals surface area contributed by atoms with Crippen LogP contribution in [0.25, 0.3) is 0 Å². The van der Waals surface area contributed by atoms with Gasteiger partial charge >= 0.3 is 0 Å². The lowest BCUT2D eigenvalue weighted by atomic mass is 9.97. The summed E-state index contributed by atoms with van der Waals surface area (Å²) in [4.78, 5) is 28.0. The number of hydrogen-bond donors (Lipinski definition) is 0. The van der Waals surface area contributed by atoms with Crippen LogP contribution in [0, 0.1) is 27.7 Å². The molecular weight excluding hydrogens is 464 g/mol. The van der Waals surface area contributed by atoms with E-state index in [9.17, 15) is 9.59 Å². The van der Waals surface area contributed by atoms with Crippen molar-refractivity contribution < 1.29 is 19.1 Å². The summed E-state index contributed by atoms with van der Waals surface area (Å²) in [5.74, 6) is 2.99. The number of aliphatic imine (C=N–C) groups is 2. The molecule has 0 aliphatic rings. The molecule has 0 unspecified atom stereocenters. The Labute approximate surface area is 215 Å². The second-order valence-corrected chi connectivity index (χ2v) is 8.89. The van der Waals surface area contributed by atoms with Crippen LogP contribution < -0.4 is 9.47 Å². The molecule has 0 aliphatic heterocycles. The molecular formula is C31H26N2O4. The molecule has 0 aliphatic carbocycles. The van der Waals surface area contributed by atoms with E-state index in [0.29, 0.717) is 22.9 Å². The molecule has 6 heteroatoms. The molecule has 0 N–H and O–H groups in total. The third-order valence-corrected chi connectivity index (χ3v) is 5.91. The highest BCUT2D eigenvalue weighted by molar-refractivity contribution is 5.54. The van der Waals surface area contributed by atoms with Crippen LogP contribution in [-0.4, -0.2) is 12.2 Å². The van der Waals surface area contributed by atoms with E-state index in [1.54, 1.807) is 48.5 Å². The van der Waals surface area contributed by atoms with Crippen LogP contribution in [-0.2, 0) is 16.0 Å². The minimum Gasteiger partial charge on any atom is -0.457 e. The fourth-order valence-corrected chi connectivity index (χ4v) is 4.36. The van der Waals surface area contributed by atoms with Gasteiger partial charge in [0.1, 0.15) is 23.0 Å². The van der Waals surface area contributed by atoms with E-state index in [1.807, 2.05) is 27.7 Å². The van der Waals surface area contributed by atoms with E-state index < -0.39 is 0 Å². The Hall–Kier alpha value is -4.76. The second kappa shape index (κ2) is 11.3. The number of carbonyl (C=O) groups excluding carboxylic acids is 2. The number of rotatable bonds is 8. The predicted octanol–water partition coefficient (Wildman–Crippen LogP) is 8.03. The Balaban J connectivity index is 1.50. The molecule has 0 fully saturated rings. The second-order valence-electron chi connectivity index (χ2n) is 8.89. The number of isocyanates is 2. The Morgan fingerprint density at radius 3 is 1.19 bits per heavy atom. The average molecular weight is 491 g/mol. The Bertz CT molecular complexity index is 1360. The fraction of sp³-hybridized carbons (Fsp3) is 0.161. The molecule has 4 aromatic rings. The van der Waals surface area contributed by atoms with Crippen molar-refractivity contribution in [3.8, 4) is 23.0 Å². The number of aryl methyl sites for hydroxylation is 4. The van der Waals surface area contributed by atoms with Crippen LogP contribution in [0.2, 0.25) is 0 Å². The molecule has 0 heterocycles.